The number of aryl methyl sites for hydroxylation is 2. The lowest BCUT2D eigenvalue weighted by Crippen LogP contribution is -2.38. The lowest BCUT2D eigenvalue weighted by atomic mass is 9.90. The first kappa shape index (κ1) is 19.6. The first-order chi connectivity index (χ1) is 13.8. The lowest BCUT2D eigenvalue weighted by Gasteiger charge is -2.33. The van der Waals surface area contributed by atoms with Gasteiger partial charge in [-0.3, -0.25) is 4.79 Å². The molecule has 1 fully saturated rings. The molecule has 2 aliphatic rings. The zero-order valence-corrected chi connectivity index (χ0v) is 17.2. The van der Waals surface area contributed by atoms with Crippen LogP contribution in [0.3, 0.4) is 0 Å². The van der Waals surface area contributed by atoms with Crippen LogP contribution in [0.4, 0.5) is 4.79 Å². The summed E-state index contributed by atoms with van der Waals surface area (Å²) >= 11 is 6.35. The lowest BCUT2D eigenvalue weighted by molar-refractivity contribution is 0.0726. The molecule has 152 valence electrons. The van der Waals surface area contributed by atoms with E-state index in [9.17, 15) is 14.7 Å². The molecule has 0 aliphatic carbocycles. The maximum Gasteiger partial charge on any atom is 0.407 e. The van der Waals surface area contributed by atoms with Gasteiger partial charge in [0.25, 0.3) is 5.91 Å². The third-order valence-electron chi connectivity index (χ3n) is 5.67. The molecule has 0 bridgehead atoms. The van der Waals surface area contributed by atoms with Crippen molar-refractivity contribution >= 4 is 23.6 Å². The second-order valence-electron chi connectivity index (χ2n) is 7.69. The second-order valence-corrected chi connectivity index (χ2v) is 8.12. The van der Waals surface area contributed by atoms with Crippen LogP contribution in [0.1, 0.15) is 57.6 Å². The van der Waals surface area contributed by atoms with Gasteiger partial charge >= 0.3 is 6.09 Å². The summed E-state index contributed by atoms with van der Waals surface area (Å²) in [6, 6.07) is 5.27. The van der Waals surface area contributed by atoms with Gasteiger partial charge in [-0.15, -0.1) is 0 Å². The Bertz CT molecular complexity index is 974. The van der Waals surface area contributed by atoms with E-state index >= 15 is 0 Å². The van der Waals surface area contributed by atoms with Crippen LogP contribution in [-0.4, -0.2) is 50.0 Å². The van der Waals surface area contributed by atoms with Crippen LogP contribution in [-0.2, 0) is 13.0 Å². The summed E-state index contributed by atoms with van der Waals surface area (Å²) in [5.41, 5.74) is 4.16. The quantitative estimate of drug-likeness (QED) is 0.808. The van der Waals surface area contributed by atoms with E-state index in [0.717, 1.165) is 35.2 Å². The molecule has 1 aromatic heterocycles. The van der Waals surface area contributed by atoms with Gasteiger partial charge in [0.1, 0.15) is 11.5 Å². The van der Waals surface area contributed by atoms with E-state index in [2.05, 4.69) is 9.97 Å². The number of carbonyl (C=O) groups excluding carboxylic acids is 1. The molecule has 4 rings (SSSR count). The van der Waals surface area contributed by atoms with Crippen molar-refractivity contribution in [2.75, 3.05) is 13.1 Å². The fraction of sp³-hybridized carbons (Fsp3) is 0.429. The molecule has 1 aromatic carbocycles. The number of benzene rings is 1. The number of hydrogen-bond donors (Lipinski definition) is 1. The number of carbonyl (C=O) groups is 2. The molecule has 3 heterocycles. The topological polar surface area (TPSA) is 86.6 Å². The van der Waals surface area contributed by atoms with Gasteiger partial charge in [0, 0.05) is 30.4 Å². The summed E-state index contributed by atoms with van der Waals surface area (Å²) in [5, 5.41) is 10.2. The van der Waals surface area contributed by atoms with Crippen LogP contribution in [0.5, 0.6) is 0 Å². The Morgan fingerprint density at radius 1 is 1.17 bits per heavy atom. The molecule has 7 nitrogen and oxygen atoms in total. The summed E-state index contributed by atoms with van der Waals surface area (Å²) in [4.78, 5) is 36.6. The van der Waals surface area contributed by atoms with Crippen molar-refractivity contribution in [1.82, 2.24) is 19.8 Å². The third kappa shape index (κ3) is 3.79. The van der Waals surface area contributed by atoms with Crippen molar-refractivity contribution in [3.8, 4) is 0 Å². The smallest absolute Gasteiger partial charge is 0.407 e. The summed E-state index contributed by atoms with van der Waals surface area (Å²) in [7, 11) is 0. The Morgan fingerprint density at radius 2 is 1.97 bits per heavy atom. The maximum atomic E-state index is 13.1. The fourth-order valence-electron chi connectivity index (χ4n) is 4.44. The van der Waals surface area contributed by atoms with Gasteiger partial charge in [-0.25, -0.2) is 14.8 Å². The molecule has 0 radical (unpaired) electrons. The molecule has 1 saturated heterocycles. The molecule has 0 unspecified atom stereocenters. The largest absolute Gasteiger partial charge is 0.465 e. The van der Waals surface area contributed by atoms with Crippen molar-refractivity contribution in [2.45, 2.75) is 45.7 Å². The van der Waals surface area contributed by atoms with Crippen molar-refractivity contribution < 1.29 is 14.7 Å². The number of amides is 2. The molecule has 8 heteroatoms. The Balaban J connectivity index is 1.68. The van der Waals surface area contributed by atoms with E-state index in [1.54, 1.807) is 17.9 Å². The number of fused-ring (bicyclic) bond motifs is 1. The summed E-state index contributed by atoms with van der Waals surface area (Å²) in [6.07, 6.45) is 1.34. The Kier molecular flexibility index (Phi) is 5.17. The molecule has 2 aromatic rings. The van der Waals surface area contributed by atoms with Gasteiger partial charge in [0.2, 0.25) is 0 Å². The molecule has 1 atom stereocenters. The van der Waals surface area contributed by atoms with Gasteiger partial charge < -0.3 is 14.9 Å². The van der Waals surface area contributed by atoms with Crippen LogP contribution < -0.4 is 0 Å². The number of likely N-dealkylation sites (tertiary alicyclic amines) is 1. The van der Waals surface area contributed by atoms with Crippen LogP contribution in [0.2, 0.25) is 5.02 Å². The molecule has 2 amide bonds. The Labute approximate surface area is 174 Å². The summed E-state index contributed by atoms with van der Waals surface area (Å²) in [6.45, 7) is 5.13. The van der Waals surface area contributed by atoms with Crippen LogP contribution in [0, 0.1) is 13.8 Å². The van der Waals surface area contributed by atoms with Crippen LogP contribution >= 0.6 is 11.6 Å². The van der Waals surface area contributed by atoms with Gasteiger partial charge in [-0.05, 0) is 68.0 Å². The van der Waals surface area contributed by atoms with E-state index in [1.165, 1.54) is 4.90 Å². The highest BCUT2D eigenvalue weighted by Crippen LogP contribution is 2.38. The normalized spacial score (nSPS) is 18.7. The highest BCUT2D eigenvalue weighted by atomic mass is 35.5. The van der Waals surface area contributed by atoms with E-state index in [1.807, 2.05) is 19.1 Å². The molecule has 0 saturated carbocycles. The third-order valence-corrected chi connectivity index (χ3v) is 5.89. The Morgan fingerprint density at radius 3 is 2.69 bits per heavy atom. The number of halogens is 1. The second kappa shape index (κ2) is 7.63. The number of carboxylic acid groups (broad SMARTS) is 1. The van der Waals surface area contributed by atoms with E-state index in [-0.39, 0.29) is 11.9 Å². The predicted molar refractivity (Wildman–Crippen MR) is 108 cm³/mol. The molecular weight excluding hydrogens is 392 g/mol. The fourth-order valence-corrected chi connectivity index (χ4v) is 4.68. The SMILES string of the molecule is Cc1cc(C(=O)N2CCc3cc(Cl)cc([C@@H]4CCCN4C(=O)O)c3C2)nc(C)n1. The van der Waals surface area contributed by atoms with Gasteiger partial charge in [0.05, 0.1) is 6.04 Å². The highest BCUT2D eigenvalue weighted by molar-refractivity contribution is 6.30. The zero-order valence-electron chi connectivity index (χ0n) is 16.5. The zero-order chi connectivity index (χ0) is 20.7. The molecule has 0 spiro atoms. The minimum absolute atomic E-state index is 0.133. The number of rotatable bonds is 2. The summed E-state index contributed by atoms with van der Waals surface area (Å²) < 4.78 is 0. The van der Waals surface area contributed by atoms with E-state index < -0.39 is 6.09 Å². The first-order valence-electron chi connectivity index (χ1n) is 9.76. The van der Waals surface area contributed by atoms with E-state index in [0.29, 0.717) is 42.6 Å². The molecular formula is C21H23ClN4O3. The number of nitrogens with zero attached hydrogens (tertiary/aromatic N) is 4. The van der Waals surface area contributed by atoms with Gasteiger partial charge in [0.15, 0.2) is 0 Å². The average Bonchev–Trinajstić information content (AvgIpc) is 3.15. The predicted octanol–water partition coefficient (Wildman–Crippen LogP) is 3.76. The molecule has 1 N–H and O–H groups in total. The molecule has 2 aliphatic heterocycles. The van der Waals surface area contributed by atoms with Crippen molar-refractivity contribution in [1.29, 1.82) is 0 Å². The van der Waals surface area contributed by atoms with Crippen LogP contribution in [0.15, 0.2) is 18.2 Å². The Hall–Kier alpha value is -2.67. The van der Waals surface area contributed by atoms with Gasteiger partial charge in [-0.1, -0.05) is 11.6 Å². The monoisotopic (exact) mass is 414 g/mol. The highest BCUT2D eigenvalue weighted by Gasteiger charge is 2.34. The molecule has 29 heavy (non-hydrogen) atoms. The minimum Gasteiger partial charge on any atom is -0.465 e. The first-order valence-corrected chi connectivity index (χ1v) is 10.1. The number of aromatic nitrogens is 2. The summed E-state index contributed by atoms with van der Waals surface area (Å²) in [5.74, 6) is 0.438. The maximum absolute atomic E-state index is 13.1. The van der Waals surface area contributed by atoms with Crippen molar-refractivity contribution in [2.24, 2.45) is 0 Å². The van der Waals surface area contributed by atoms with Gasteiger partial charge in [-0.2, -0.15) is 0 Å². The standard InChI is InChI=1S/C21H23ClN4O3/c1-12-8-18(24-13(2)23-12)20(27)25-7-5-14-9-15(22)10-16(17(14)11-25)19-4-3-6-26(19)21(28)29/h8-10,19H,3-7,11H2,1-2H3,(H,28,29)/t19-/m0/s1. The van der Waals surface area contributed by atoms with E-state index in [4.69, 9.17) is 11.6 Å². The average molecular weight is 415 g/mol. The number of hydrogen-bond acceptors (Lipinski definition) is 4. The van der Waals surface area contributed by atoms with Crippen molar-refractivity contribution in [3.63, 3.8) is 0 Å². The minimum atomic E-state index is -0.920. The van der Waals surface area contributed by atoms with Crippen LogP contribution in [0.25, 0.3) is 0 Å². The van der Waals surface area contributed by atoms with Crippen molar-refractivity contribution in [3.05, 3.63) is 57.1 Å².